The smallest absolute Gasteiger partial charge is 0.262 e. The molecule has 1 aromatic carbocycles. The van der Waals surface area contributed by atoms with Crippen molar-refractivity contribution >= 4 is 22.7 Å². The third-order valence-electron chi connectivity index (χ3n) is 3.53. The van der Waals surface area contributed by atoms with E-state index in [1.165, 1.54) is 18.2 Å². The average Bonchev–Trinajstić information content (AvgIpc) is 2.53. The molecule has 2 aromatic rings. The van der Waals surface area contributed by atoms with E-state index in [2.05, 4.69) is 18.0 Å². The average molecular weight is 315 g/mol. The van der Waals surface area contributed by atoms with Crippen molar-refractivity contribution in [1.82, 2.24) is 9.55 Å². The minimum absolute atomic E-state index is 0.00487. The first-order valence-electron chi connectivity index (χ1n) is 7.73. The van der Waals surface area contributed by atoms with E-state index in [1.807, 2.05) is 31.2 Å². The number of benzene rings is 1. The Morgan fingerprint density at radius 1 is 1.32 bits per heavy atom. The van der Waals surface area contributed by atoms with Gasteiger partial charge in [0.2, 0.25) is 0 Å². The second kappa shape index (κ2) is 8.00. The summed E-state index contributed by atoms with van der Waals surface area (Å²) in [5.74, 6) is 0. The van der Waals surface area contributed by atoms with E-state index < -0.39 is 0 Å². The van der Waals surface area contributed by atoms with Crippen molar-refractivity contribution in [2.24, 2.45) is 0 Å². The minimum atomic E-state index is -0.227. The molecule has 1 heterocycles. The fraction of sp³-hybridized carbons (Fsp3) is 0.471. The molecular formula is C17H21N3OS. The van der Waals surface area contributed by atoms with Crippen molar-refractivity contribution in [3.8, 4) is 6.07 Å². The molecule has 0 aliphatic carbocycles. The second-order valence-electron chi connectivity index (χ2n) is 5.32. The summed E-state index contributed by atoms with van der Waals surface area (Å²) >= 11 is 1.35. The predicted molar refractivity (Wildman–Crippen MR) is 91.1 cm³/mol. The van der Waals surface area contributed by atoms with Gasteiger partial charge in [0.1, 0.15) is 0 Å². The van der Waals surface area contributed by atoms with E-state index in [-0.39, 0.29) is 10.8 Å². The number of para-hydroxylation sites is 1. The van der Waals surface area contributed by atoms with Gasteiger partial charge in [0.05, 0.1) is 22.2 Å². The molecule has 0 spiro atoms. The number of aromatic nitrogens is 2. The normalized spacial score (nSPS) is 12.2. The fourth-order valence-electron chi connectivity index (χ4n) is 2.32. The maximum atomic E-state index is 12.7. The summed E-state index contributed by atoms with van der Waals surface area (Å²) < 4.78 is 1.73. The van der Waals surface area contributed by atoms with E-state index in [4.69, 9.17) is 5.26 Å². The molecule has 0 saturated carbocycles. The first-order chi connectivity index (χ1) is 10.7. The van der Waals surface area contributed by atoms with Crippen LogP contribution < -0.4 is 5.56 Å². The summed E-state index contributed by atoms with van der Waals surface area (Å²) in [6.45, 7) is 4.66. The van der Waals surface area contributed by atoms with Crippen molar-refractivity contribution in [1.29, 1.82) is 5.26 Å². The van der Waals surface area contributed by atoms with Crippen molar-refractivity contribution < 1.29 is 0 Å². The molecular weight excluding hydrogens is 294 g/mol. The molecule has 0 saturated heterocycles. The number of unbranched alkanes of at least 4 members (excludes halogenated alkanes) is 3. The lowest BCUT2D eigenvalue weighted by Gasteiger charge is -2.13. The maximum Gasteiger partial charge on any atom is 0.262 e. The Kier molecular flexibility index (Phi) is 6.02. The van der Waals surface area contributed by atoms with Crippen molar-refractivity contribution in [2.45, 2.75) is 56.5 Å². The Morgan fingerprint density at radius 3 is 2.82 bits per heavy atom. The highest BCUT2D eigenvalue weighted by Crippen LogP contribution is 2.22. The largest absolute Gasteiger partial charge is 0.287 e. The van der Waals surface area contributed by atoms with E-state index in [1.54, 1.807) is 4.57 Å². The van der Waals surface area contributed by atoms with Gasteiger partial charge in [-0.05, 0) is 25.5 Å². The number of thioether (sulfide) groups is 1. The van der Waals surface area contributed by atoms with Gasteiger partial charge in [-0.15, -0.1) is 0 Å². The van der Waals surface area contributed by atoms with Crippen molar-refractivity contribution in [3.05, 3.63) is 34.6 Å². The SMILES string of the molecule is CCCCCCn1c(SC(C)C#N)nc2ccccc2c1=O. The Morgan fingerprint density at radius 2 is 2.09 bits per heavy atom. The van der Waals surface area contributed by atoms with Gasteiger partial charge in [-0.25, -0.2) is 4.98 Å². The zero-order valence-electron chi connectivity index (χ0n) is 13.1. The molecule has 0 amide bonds. The van der Waals surface area contributed by atoms with Gasteiger partial charge in [-0.1, -0.05) is 50.1 Å². The van der Waals surface area contributed by atoms with Crippen LogP contribution in [0.3, 0.4) is 0 Å². The number of hydrogen-bond donors (Lipinski definition) is 0. The van der Waals surface area contributed by atoms with Gasteiger partial charge in [-0.3, -0.25) is 9.36 Å². The highest BCUT2D eigenvalue weighted by molar-refractivity contribution is 8.00. The van der Waals surface area contributed by atoms with Crippen LogP contribution in [0.2, 0.25) is 0 Å². The number of nitriles is 1. The van der Waals surface area contributed by atoms with Crippen LogP contribution in [-0.2, 0) is 6.54 Å². The van der Waals surface area contributed by atoms with Gasteiger partial charge >= 0.3 is 0 Å². The zero-order valence-corrected chi connectivity index (χ0v) is 13.9. The predicted octanol–water partition coefficient (Wildman–Crippen LogP) is 3.98. The van der Waals surface area contributed by atoms with Crippen LogP contribution >= 0.6 is 11.8 Å². The monoisotopic (exact) mass is 315 g/mol. The third kappa shape index (κ3) is 3.89. The van der Waals surface area contributed by atoms with Crippen LogP contribution in [0.1, 0.15) is 39.5 Å². The standard InChI is InChI=1S/C17H21N3OS/c1-3-4-5-8-11-20-16(21)14-9-6-7-10-15(14)19-17(20)22-13(2)12-18/h6-7,9-10,13H,3-5,8,11H2,1-2H3. The molecule has 1 atom stereocenters. The highest BCUT2D eigenvalue weighted by Gasteiger charge is 2.13. The van der Waals surface area contributed by atoms with Crippen molar-refractivity contribution in [3.63, 3.8) is 0 Å². The fourth-order valence-corrected chi connectivity index (χ4v) is 3.14. The highest BCUT2D eigenvalue weighted by atomic mass is 32.2. The molecule has 0 N–H and O–H groups in total. The summed E-state index contributed by atoms with van der Waals surface area (Å²) in [6.07, 6.45) is 4.40. The lowest BCUT2D eigenvalue weighted by Crippen LogP contribution is -2.24. The van der Waals surface area contributed by atoms with Gasteiger partial charge in [-0.2, -0.15) is 5.26 Å². The quantitative estimate of drug-likeness (QED) is 0.440. The van der Waals surface area contributed by atoms with Crippen LogP contribution in [-0.4, -0.2) is 14.8 Å². The Bertz CT molecular complexity index is 733. The molecule has 0 aliphatic rings. The minimum Gasteiger partial charge on any atom is -0.287 e. The summed E-state index contributed by atoms with van der Waals surface area (Å²) in [7, 11) is 0. The third-order valence-corrected chi connectivity index (χ3v) is 4.51. The van der Waals surface area contributed by atoms with E-state index in [0.717, 1.165) is 19.3 Å². The summed E-state index contributed by atoms with van der Waals surface area (Å²) in [5, 5.41) is 10.1. The molecule has 5 heteroatoms. The van der Waals surface area contributed by atoms with Crippen LogP contribution in [0.4, 0.5) is 0 Å². The molecule has 116 valence electrons. The Labute approximate surface area is 135 Å². The molecule has 22 heavy (non-hydrogen) atoms. The van der Waals surface area contributed by atoms with Crippen LogP contribution in [0, 0.1) is 11.3 Å². The first kappa shape index (κ1) is 16.6. The topological polar surface area (TPSA) is 58.7 Å². The van der Waals surface area contributed by atoms with Crippen molar-refractivity contribution in [2.75, 3.05) is 0 Å². The molecule has 4 nitrogen and oxygen atoms in total. The van der Waals surface area contributed by atoms with Gasteiger partial charge in [0.15, 0.2) is 5.16 Å². The number of fused-ring (bicyclic) bond motifs is 1. The molecule has 1 unspecified atom stereocenters. The van der Waals surface area contributed by atoms with Crippen LogP contribution in [0.5, 0.6) is 0 Å². The molecule has 0 bridgehead atoms. The van der Waals surface area contributed by atoms with Crippen LogP contribution in [0.25, 0.3) is 10.9 Å². The summed E-state index contributed by atoms with van der Waals surface area (Å²) in [5.41, 5.74) is 0.694. The second-order valence-corrected chi connectivity index (χ2v) is 6.63. The first-order valence-corrected chi connectivity index (χ1v) is 8.61. The van der Waals surface area contributed by atoms with Gasteiger partial charge in [0.25, 0.3) is 5.56 Å². The van der Waals surface area contributed by atoms with Gasteiger partial charge in [0, 0.05) is 6.54 Å². The maximum absolute atomic E-state index is 12.7. The number of hydrogen-bond acceptors (Lipinski definition) is 4. The summed E-state index contributed by atoms with van der Waals surface area (Å²) in [6, 6.07) is 9.59. The molecule has 2 rings (SSSR count). The Balaban J connectivity index is 2.40. The van der Waals surface area contributed by atoms with E-state index in [9.17, 15) is 4.79 Å². The van der Waals surface area contributed by atoms with Gasteiger partial charge < -0.3 is 0 Å². The molecule has 0 aliphatic heterocycles. The molecule has 0 radical (unpaired) electrons. The zero-order chi connectivity index (χ0) is 15.9. The van der Waals surface area contributed by atoms with Crippen LogP contribution in [0.15, 0.2) is 34.2 Å². The van der Waals surface area contributed by atoms with E-state index in [0.29, 0.717) is 22.6 Å². The van der Waals surface area contributed by atoms with E-state index >= 15 is 0 Å². The number of rotatable bonds is 7. The summed E-state index contributed by atoms with van der Waals surface area (Å²) in [4.78, 5) is 17.3. The molecule has 1 aromatic heterocycles. The lowest BCUT2D eigenvalue weighted by atomic mass is 10.2. The molecule has 0 fully saturated rings. The lowest BCUT2D eigenvalue weighted by molar-refractivity contribution is 0.531. The Hall–Kier alpha value is -1.80. The number of nitrogens with zero attached hydrogens (tertiary/aromatic N) is 3.